The highest BCUT2D eigenvalue weighted by Gasteiger charge is 2.39. The molecule has 168 valence electrons. The third-order valence-corrected chi connectivity index (χ3v) is 6.75. The molecule has 0 amide bonds. The Bertz CT molecular complexity index is 661. The first kappa shape index (κ1) is 22.9. The van der Waals surface area contributed by atoms with E-state index in [9.17, 15) is 0 Å². The second-order valence-corrected chi connectivity index (χ2v) is 8.91. The van der Waals surface area contributed by atoms with Crippen molar-refractivity contribution >= 4 is 5.96 Å². The van der Waals surface area contributed by atoms with Gasteiger partial charge in [-0.05, 0) is 83.5 Å². The number of hydrogen-bond acceptors (Lipinski definition) is 4. The van der Waals surface area contributed by atoms with Crippen LogP contribution in [0.3, 0.4) is 0 Å². The Morgan fingerprint density at radius 1 is 1.10 bits per heavy atom. The van der Waals surface area contributed by atoms with Crippen LogP contribution in [0.4, 0.5) is 0 Å². The van der Waals surface area contributed by atoms with Crippen LogP contribution in [0.15, 0.2) is 29.3 Å². The Morgan fingerprint density at radius 3 is 2.37 bits per heavy atom. The van der Waals surface area contributed by atoms with Crippen molar-refractivity contribution in [2.45, 2.75) is 51.1 Å². The van der Waals surface area contributed by atoms with Crippen molar-refractivity contribution in [3.05, 3.63) is 29.8 Å². The van der Waals surface area contributed by atoms with Crippen molar-refractivity contribution in [2.75, 3.05) is 60.5 Å². The minimum absolute atomic E-state index is 0.253. The molecule has 30 heavy (non-hydrogen) atoms. The third kappa shape index (κ3) is 5.88. The number of nitrogens with one attached hydrogen (secondary N) is 1. The van der Waals surface area contributed by atoms with E-state index in [-0.39, 0.29) is 5.54 Å². The average molecular weight is 416 g/mol. The van der Waals surface area contributed by atoms with Gasteiger partial charge in [0.05, 0.1) is 6.61 Å². The molecule has 2 saturated heterocycles. The molecule has 0 saturated carbocycles. The molecule has 0 aliphatic carbocycles. The van der Waals surface area contributed by atoms with E-state index in [0.717, 1.165) is 24.8 Å². The van der Waals surface area contributed by atoms with Crippen LogP contribution in [0.1, 0.15) is 44.6 Å². The fraction of sp³-hybridized carbons (Fsp3) is 0.708. The molecule has 2 aliphatic rings. The standard InChI is InChI=1S/C24H41N5O/c1-5-30-22-11-9-21(10-12-22)19-28(4)23(25-2)26-20-24(13-17-27(3)18-14-24)29-15-7-6-8-16-29/h9-12H,5-8,13-20H2,1-4H3,(H,25,26). The quantitative estimate of drug-likeness (QED) is 0.548. The lowest BCUT2D eigenvalue weighted by Gasteiger charge is -2.50. The van der Waals surface area contributed by atoms with Gasteiger partial charge in [-0.1, -0.05) is 18.6 Å². The van der Waals surface area contributed by atoms with E-state index in [1.165, 1.54) is 63.8 Å². The van der Waals surface area contributed by atoms with Crippen LogP contribution in [0.25, 0.3) is 0 Å². The van der Waals surface area contributed by atoms with E-state index in [1.807, 2.05) is 26.1 Å². The molecule has 2 aliphatic heterocycles. The fourth-order valence-corrected chi connectivity index (χ4v) is 4.84. The van der Waals surface area contributed by atoms with E-state index in [4.69, 9.17) is 4.74 Å². The van der Waals surface area contributed by atoms with Gasteiger partial charge in [0.2, 0.25) is 0 Å². The molecule has 0 atom stereocenters. The number of hydrogen-bond donors (Lipinski definition) is 1. The zero-order valence-electron chi connectivity index (χ0n) is 19.5. The van der Waals surface area contributed by atoms with Gasteiger partial charge >= 0.3 is 0 Å². The molecule has 1 aromatic rings. The second kappa shape index (κ2) is 11.0. The molecule has 0 aromatic heterocycles. The first-order valence-corrected chi connectivity index (χ1v) is 11.6. The normalized spacial score (nSPS) is 20.7. The van der Waals surface area contributed by atoms with Gasteiger partial charge in [0, 0.05) is 32.7 Å². The summed E-state index contributed by atoms with van der Waals surface area (Å²) in [4.78, 5) is 12.0. The van der Waals surface area contributed by atoms with Gasteiger partial charge in [0.25, 0.3) is 0 Å². The first-order chi connectivity index (χ1) is 14.6. The Kier molecular flexibility index (Phi) is 8.40. The monoisotopic (exact) mass is 415 g/mol. The first-order valence-electron chi connectivity index (χ1n) is 11.6. The van der Waals surface area contributed by atoms with Gasteiger partial charge in [-0.3, -0.25) is 9.89 Å². The van der Waals surface area contributed by atoms with E-state index in [1.54, 1.807) is 0 Å². The van der Waals surface area contributed by atoms with Crippen LogP contribution < -0.4 is 10.1 Å². The van der Waals surface area contributed by atoms with Crippen LogP contribution in [0.5, 0.6) is 5.75 Å². The van der Waals surface area contributed by atoms with Crippen LogP contribution in [0.2, 0.25) is 0 Å². The van der Waals surface area contributed by atoms with Crippen molar-refractivity contribution in [3.63, 3.8) is 0 Å². The second-order valence-electron chi connectivity index (χ2n) is 8.91. The van der Waals surface area contributed by atoms with Crippen molar-refractivity contribution in [2.24, 2.45) is 4.99 Å². The lowest BCUT2D eigenvalue weighted by molar-refractivity contribution is 0.0170. The summed E-state index contributed by atoms with van der Waals surface area (Å²) < 4.78 is 5.56. The number of guanidine groups is 1. The maximum absolute atomic E-state index is 5.56. The molecule has 1 N–H and O–H groups in total. The molecule has 0 unspecified atom stereocenters. The van der Waals surface area contributed by atoms with E-state index in [2.05, 4.69) is 51.2 Å². The largest absolute Gasteiger partial charge is 0.494 e. The Labute approximate surface area is 183 Å². The van der Waals surface area contributed by atoms with Crippen LogP contribution in [-0.2, 0) is 6.54 Å². The van der Waals surface area contributed by atoms with Crippen molar-refractivity contribution in [1.82, 2.24) is 20.0 Å². The number of nitrogens with zero attached hydrogens (tertiary/aromatic N) is 4. The van der Waals surface area contributed by atoms with Gasteiger partial charge in [-0.15, -0.1) is 0 Å². The molecule has 0 spiro atoms. The lowest BCUT2D eigenvalue weighted by atomic mass is 9.84. The average Bonchev–Trinajstić information content (AvgIpc) is 2.78. The maximum atomic E-state index is 5.56. The lowest BCUT2D eigenvalue weighted by Crippen LogP contribution is -2.62. The zero-order chi connectivity index (χ0) is 21.4. The Hall–Kier alpha value is -1.79. The molecule has 2 fully saturated rings. The summed E-state index contributed by atoms with van der Waals surface area (Å²) in [6.45, 7) is 9.35. The highest BCUT2D eigenvalue weighted by molar-refractivity contribution is 5.79. The minimum atomic E-state index is 0.253. The van der Waals surface area contributed by atoms with Crippen molar-refractivity contribution in [1.29, 1.82) is 0 Å². The van der Waals surface area contributed by atoms with E-state index in [0.29, 0.717) is 6.61 Å². The zero-order valence-corrected chi connectivity index (χ0v) is 19.5. The van der Waals surface area contributed by atoms with Gasteiger partial charge < -0.3 is 19.9 Å². The summed E-state index contributed by atoms with van der Waals surface area (Å²) in [6, 6.07) is 8.38. The van der Waals surface area contributed by atoms with Crippen LogP contribution >= 0.6 is 0 Å². The number of rotatable bonds is 7. The minimum Gasteiger partial charge on any atom is -0.494 e. The van der Waals surface area contributed by atoms with E-state index < -0.39 is 0 Å². The topological polar surface area (TPSA) is 43.3 Å². The number of likely N-dealkylation sites (tertiary alicyclic amines) is 2. The predicted molar refractivity (Wildman–Crippen MR) is 125 cm³/mol. The van der Waals surface area contributed by atoms with Crippen LogP contribution in [-0.4, -0.2) is 86.7 Å². The number of benzene rings is 1. The molecule has 6 nitrogen and oxygen atoms in total. The van der Waals surface area contributed by atoms with E-state index >= 15 is 0 Å². The molecule has 2 heterocycles. The van der Waals surface area contributed by atoms with Crippen molar-refractivity contribution < 1.29 is 4.74 Å². The fourth-order valence-electron chi connectivity index (χ4n) is 4.84. The summed E-state index contributed by atoms with van der Waals surface area (Å²) in [7, 11) is 6.25. The summed E-state index contributed by atoms with van der Waals surface area (Å²) in [5.74, 6) is 1.90. The molecule has 1 aromatic carbocycles. The van der Waals surface area contributed by atoms with Crippen molar-refractivity contribution in [3.8, 4) is 5.75 Å². The molecular weight excluding hydrogens is 374 g/mol. The van der Waals surface area contributed by atoms with Gasteiger partial charge in [0.15, 0.2) is 5.96 Å². The smallest absolute Gasteiger partial charge is 0.193 e. The highest BCUT2D eigenvalue weighted by atomic mass is 16.5. The predicted octanol–water partition coefficient (Wildman–Crippen LogP) is 3.04. The molecule has 0 radical (unpaired) electrons. The maximum Gasteiger partial charge on any atom is 0.193 e. The molecule has 3 rings (SSSR count). The Balaban J connectivity index is 1.61. The molecule has 6 heteroatoms. The third-order valence-electron chi connectivity index (χ3n) is 6.75. The highest BCUT2D eigenvalue weighted by Crippen LogP contribution is 2.31. The number of piperidine rings is 2. The van der Waals surface area contributed by atoms with Gasteiger partial charge in [-0.2, -0.15) is 0 Å². The van der Waals surface area contributed by atoms with Gasteiger partial charge in [-0.25, -0.2) is 0 Å². The summed E-state index contributed by atoms with van der Waals surface area (Å²) in [6.07, 6.45) is 6.52. The summed E-state index contributed by atoms with van der Waals surface area (Å²) >= 11 is 0. The molecular formula is C24H41N5O. The SMILES string of the molecule is CCOc1ccc(CN(C)C(=NC)NCC2(N3CCCCC3)CCN(C)CC2)cc1. The van der Waals surface area contributed by atoms with Crippen LogP contribution in [0, 0.1) is 0 Å². The summed E-state index contributed by atoms with van der Waals surface area (Å²) in [5.41, 5.74) is 1.51. The number of aliphatic imine (C=N–C) groups is 1. The number of ether oxygens (including phenoxy) is 1. The summed E-state index contributed by atoms with van der Waals surface area (Å²) in [5, 5.41) is 3.73. The Morgan fingerprint density at radius 2 is 1.77 bits per heavy atom. The van der Waals surface area contributed by atoms with Gasteiger partial charge in [0.1, 0.15) is 5.75 Å². The molecule has 0 bridgehead atoms.